The molecule has 0 spiro atoms. The van der Waals surface area contributed by atoms with E-state index in [0.717, 1.165) is 57.0 Å². The highest BCUT2D eigenvalue weighted by Gasteiger charge is 2.32. The first kappa shape index (κ1) is 23.3. The van der Waals surface area contributed by atoms with Crippen molar-refractivity contribution < 1.29 is 9.59 Å². The number of rotatable bonds is 7. The molecule has 3 N–H and O–H groups in total. The largest absolute Gasteiger partial charge is 0.348 e. The third kappa shape index (κ3) is 4.34. The average molecular weight is 512 g/mol. The quantitative estimate of drug-likeness (QED) is 0.309. The number of hydrogen-bond acceptors (Lipinski definition) is 7. The van der Waals surface area contributed by atoms with Crippen molar-refractivity contribution in [2.45, 2.75) is 37.9 Å². The molecule has 0 saturated heterocycles. The van der Waals surface area contributed by atoms with Gasteiger partial charge >= 0.3 is 6.03 Å². The predicted molar refractivity (Wildman–Crippen MR) is 145 cm³/mol. The maximum atomic E-state index is 13.5. The van der Waals surface area contributed by atoms with Crippen LogP contribution in [-0.4, -0.2) is 39.0 Å². The molecule has 4 aromatic rings. The molecule has 37 heavy (non-hydrogen) atoms. The van der Waals surface area contributed by atoms with Crippen molar-refractivity contribution in [3.05, 3.63) is 72.7 Å². The van der Waals surface area contributed by atoms with Crippen LogP contribution in [0.2, 0.25) is 0 Å². The van der Waals surface area contributed by atoms with E-state index in [2.05, 4.69) is 37.5 Å². The van der Waals surface area contributed by atoms with E-state index in [9.17, 15) is 9.59 Å². The molecule has 1 fully saturated rings. The van der Waals surface area contributed by atoms with Gasteiger partial charge in [-0.05, 0) is 55.7 Å². The van der Waals surface area contributed by atoms with Crippen LogP contribution in [0.3, 0.4) is 0 Å². The van der Waals surface area contributed by atoms with Gasteiger partial charge in [-0.15, -0.1) is 11.3 Å². The molecule has 9 nitrogen and oxygen atoms in total. The van der Waals surface area contributed by atoms with E-state index < -0.39 is 0 Å². The van der Waals surface area contributed by atoms with Gasteiger partial charge in [-0.2, -0.15) is 0 Å². The summed E-state index contributed by atoms with van der Waals surface area (Å²) in [6.45, 7) is 4.12. The van der Waals surface area contributed by atoms with E-state index in [1.54, 1.807) is 41.0 Å². The predicted octanol–water partition coefficient (Wildman–Crippen LogP) is 4.75. The SMILES string of the molecule is C=CC(=O)N[C@@H]1CCC[C@H]1NCc1sc2nccc3c2c1NC(=O)N3c1ccnc(-c2cccnc2)c1. The molecule has 0 aromatic carbocycles. The zero-order chi connectivity index (χ0) is 25.4. The fraction of sp³-hybridized carbons (Fsp3) is 0.222. The molecule has 5 heterocycles. The summed E-state index contributed by atoms with van der Waals surface area (Å²) in [7, 11) is 0. The second-order valence-corrected chi connectivity index (χ2v) is 10.1. The van der Waals surface area contributed by atoms with E-state index in [0.29, 0.717) is 12.2 Å². The molecule has 1 aliphatic heterocycles. The van der Waals surface area contributed by atoms with E-state index in [1.165, 1.54) is 6.08 Å². The van der Waals surface area contributed by atoms with E-state index in [4.69, 9.17) is 0 Å². The second-order valence-electron chi connectivity index (χ2n) is 9.05. The normalized spacial score (nSPS) is 18.6. The van der Waals surface area contributed by atoms with Gasteiger partial charge in [0.1, 0.15) is 4.83 Å². The van der Waals surface area contributed by atoms with Gasteiger partial charge < -0.3 is 16.0 Å². The summed E-state index contributed by atoms with van der Waals surface area (Å²) in [5, 5.41) is 10.7. The van der Waals surface area contributed by atoms with Crippen molar-refractivity contribution in [2.24, 2.45) is 0 Å². The lowest BCUT2D eigenvalue weighted by Gasteiger charge is -2.29. The van der Waals surface area contributed by atoms with Crippen LogP contribution in [0.25, 0.3) is 21.5 Å². The van der Waals surface area contributed by atoms with Crippen molar-refractivity contribution in [3.8, 4) is 11.3 Å². The van der Waals surface area contributed by atoms with Gasteiger partial charge in [-0.1, -0.05) is 6.58 Å². The molecule has 0 unspecified atom stereocenters. The van der Waals surface area contributed by atoms with Crippen LogP contribution >= 0.6 is 11.3 Å². The lowest BCUT2D eigenvalue weighted by Crippen LogP contribution is -2.45. The molecule has 10 heteroatoms. The molecule has 3 amide bonds. The molecule has 1 aliphatic carbocycles. The first-order chi connectivity index (χ1) is 18.1. The van der Waals surface area contributed by atoms with Gasteiger partial charge in [0.05, 0.1) is 28.1 Å². The number of nitrogens with one attached hydrogen (secondary N) is 3. The Balaban J connectivity index is 1.30. The number of pyridine rings is 3. The highest BCUT2D eigenvalue weighted by molar-refractivity contribution is 7.19. The van der Waals surface area contributed by atoms with Crippen LogP contribution < -0.4 is 20.9 Å². The molecule has 1 saturated carbocycles. The van der Waals surface area contributed by atoms with Crippen molar-refractivity contribution in [2.75, 3.05) is 10.2 Å². The summed E-state index contributed by atoms with van der Waals surface area (Å²) in [4.78, 5) is 42.0. The van der Waals surface area contributed by atoms with Crippen molar-refractivity contribution >= 4 is 50.6 Å². The standard InChI is InChI=1S/C27H25N7O2S/c1-2-23(35)32-19-7-3-6-18(19)31-15-22-25-24-21(9-12-30-26(24)37-22)34(27(36)33-25)17-8-11-29-20(13-17)16-5-4-10-28-14-16/h2,4-5,8-14,18-19,31H,1,3,6-7,15H2,(H,32,35)(H,33,36)/t18-,19-/m1/s1. The lowest BCUT2D eigenvalue weighted by atomic mass is 10.1. The van der Waals surface area contributed by atoms with Gasteiger partial charge in [0.2, 0.25) is 5.91 Å². The van der Waals surface area contributed by atoms with Crippen LogP contribution in [0.5, 0.6) is 0 Å². The Kier molecular flexibility index (Phi) is 6.11. The van der Waals surface area contributed by atoms with Crippen molar-refractivity contribution in [3.63, 3.8) is 0 Å². The minimum absolute atomic E-state index is 0.0655. The maximum absolute atomic E-state index is 13.5. The molecule has 2 aliphatic rings. The van der Waals surface area contributed by atoms with Gasteiger partial charge in [0.15, 0.2) is 0 Å². The van der Waals surface area contributed by atoms with Crippen LogP contribution in [0, 0.1) is 0 Å². The molecule has 4 aromatic heterocycles. The van der Waals surface area contributed by atoms with Crippen molar-refractivity contribution in [1.82, 2.24) is 25.6 Å². The number of thiophene rings is 1. The third-order valence-electron chi connectivity index (χ3n) is 6.83. The average Bonchev–Trinajstić information content (AvgIpc) is 3.52. The lowest BCUT2D eigenvalue weighted by molar-refractivity contribution is -0.117. The van der Waals surface area contributed by atoms with E-state index in [1.807, 2.05) is 30.3 Å². The molecular weight excluding hydrogens is 486 g/mol. The van der Waals surface area contributed by atoms with Crippen LogP contribution in [0.15, 0.2) is 67.8 Å². The number of amides is 3. The summed E-state index contributed by atoms with van der Waals surface area (Å²) < 4.78 is 0. The van der Waals surface area contributed by atoms with Gasteiger partial charge in [-0.3, -0.25) is 19.7 Å². The van der Waals surface area contributed by atoms with Crippen LogP contribution in [-0.2, 0) is 11.3 Å². The first-order valence-electron chi connectivity index (χ1n) is 12.2. The molecule has 186 valence electrons. The Morgan fingerprint density at radius 3 is 2.89 bits per heavy atom. The molecule has 0 bridgehead atoms. The molecular formula is C27H25N7O2S. The van der Waals surface area contributed by atoms with Gasteiger partial charge in [-0.25, -0.2) is 9.78 Å². The summed E-state index contributed by atoms with van der Waals surface area (Å²) >= 11 is 1.57. The zero-order valence-corrected chi connectivity index (χ0v) is 20.8. The van der Waals surface area contributed by atoms with Crippen molar-refractivity contribution in [1.29, 1.82) is 0 Å². The Hall–Kier alpha value is -4.15. The van der Waals surface area contributed by atoms with Gasteiger partial charge in [0, 0.05) is 53.9 Å². The van der Waals surface area contributed by atoms with Crippen LogP contribution in [0.1, 0.15) is 24.1 Å². The molecule has 2 atom stereocenters. The number of anilines is 3. The minimum atomic E-state index is -0.236. The number of urea groups is 1. The summed E-state index contributed by atoms with van der Waals surface area (Å²) in [5.74, 6) is -0.153. The number of carbonyl (C=O) groups excluding carboxylic acids is 2. The Labute approximate surface area is 217 Å². The molecule has 6 rings (SSSR count). The fourth-order valence-corrected chi connectivity index (χ4v) is 6.16. The topological polar surface area (TPSA) is 112 Å². The minimum Gasteiger partial charge on any atom is -0.348 e. The smallest absolute Gasteiger partial charge is 0.331 e. The Morgan fingerprint density at radius 1 is 1.19 bits per heavy atom. The van der Waals surface area contributed by atoms with Crippen LogP contribution in [0.4, 0.5) is 21.9 Å². The second kappa shape index (κ2) is 9.72. The van der Waals surface area contributed by atoms with E-state index in [-0.39, 0.29) is 24.0 Å². The number of nitrogens with zero attached hydrogens (tertiary/aromatic N) is 4. The zero-order valence-electron chi connectivity index (χ0n) is 20.0. The Bertz CT molecular complexity index is 1500. The highest BCUT2D eigenvalue weighted by Crippen LogP contribution is 2.46. The van der Waals surface area contributed by atoms with E-state index >= 15 is 0 Å². The maximum Gasteiger partial charge on any atom is 0.331 e. The summed E-state index contributed by atoms with van der Waals surface area (Å²) in [6, 6.07) is 9.37. The number of carbonyl (C=O) groups is 2. The monoisotopic (exact) mass is 511 g/mol. The number of hydrogen-bond donors (Lipinski definition) is 3. The Morgan fingerprint density at radius 2 is 2.05 bits per heavy atom. The summed E-state index contributed by atoms with van der Waals surface area (Å²) in [5.41, 5.74) is 3.90. The fourth-order valence-electron chi connectivity index (χ4n) is 5.10. The highest BCUT2D eigenvalue weighted by atomic mass is 32.1. The summed E-state index contributed by atoms with van der Waals surface area (Å²) in [6.07, 6.45) is 11.2. The van der Waals surface area contributed by atoms with Gasteiger partial charge in [0.25, 0.3) is 0 Å². The first-order valence-corrected chi connectivity index (χ1v) is 13.0. The third-order valence-corrected chi connectivity index (χ3v) is 7.93. The number of aromatic nitrogens is 3. The molecule has 0 radical (unpaired) electrons.